The molecule has 2 aromatic carbocycles. The molecule has 0 amide bonds. The van der Waals surface area contributed by atoms with Crippen LogP contribution in [0, 0.1) is 5.82 Å². The van der Waals surface area contributed by atoms with Gasteiger partial charge in [-0.15, -0.1) is 0 Å². The quantitative estimate of drug-likeness (QED) is 0.911. The summed E-state index contributed by atoms with van der Waals surface area (Å²) in [5.41, 5.74) is 7.19. The van der Waals surface area contributed by atoms with Crippen molar-refractivity contribution in [3.63, 3.8) is 0 Å². The molecule has 3 N–H and O–H groups in total. The van der Waals surface area contributed by atoms with Crippen LogP contribution in [0.2, 0.25) is 0 Å². The molecule has 21 heavy (non-hydrogen) atoms. The second kappa shape index (κ2) is 4.93. The van der Waals surface area contributed by atoms with Crippen molar-refractivity contribution >= 4 is 0 Å². The minimum absolute atomic E-state index is 0.327. The third-order valence-corrected chi connectivity index (χ3v) is 5.02. The number of hydrogen-bond acceptors (Lipinski definition) is 2. The van der Waals surface area contributed by atoms with Crippen molar-refractivity contribution in [3.05, 3.63) is 71.0 Å². The molecule has 1 aliphatic rings. The van der Waals surface area contributed by atoms with Crippen molar-refractivity contribution in [3.8, 4) is 0 Å². The van der Waals surface area contributed by atoms with Crippen LogP contribution in [-0.4, -0.2) is 11.7 Å². The molecule has 2 aromatic rings. The van der Waals surface area contributed by atoms with Gasteiger partial charge in [0.05, 0.1) is 5.60 Å². The molecule has 0 saturated carbocycles. The molecule has 2 unspecified atom stereocenters. The van der Waals surface area contributed by atoms with Gasteiger partial charge in [0.15, 0.2) is 0 Å². The van der Waals surface area contributed by atoms with E-state index in [0.717, 1.165) is 18.4 Å². The lowest BCUT2D eigenvalue weighted by Gasteiger charge is -2.43. The zero-order valence-corrected chi connectivity index (χ0v) is 12.1. The van der Waals surface area contributed by atoms with Crippen LogP contribution < -0.4 is 5.73 Å². The zero-order chi connectivity index (χ0) is 15.1. The van der Waals surface area contributed by atoms with Gasteiger partial charge in [-0.1, -0.05) is 36.4 Å². The Morgan fingerprint density at radius 1 is 1.24 bits per heavy atom. The minimum atomic E-state index is -1.21. The first kappa shape index (κ1) is 14.2. The van der Waals surface area contributed by atoms with Crippen molar-refractivity contribution in [2.45, 2.75) is 30.8 Å². The monoisotopic (exact) mass is 285 g/mol. The Morgan fingerprint density at radius 3 is 2.71 bits per heavy atom. The van der Waals surface area contributed by atoms with Crippen molar-refractivity contribution < 1.29 is 9.50 Å². The van der Waals surface area contributed by atoms with E-state index in [-0.39, 0.29) is 5.82 Å². The van der Waals surface area contributed by atoms with Crippen LogP contribution in [0.15, 0.2) is 48.5 Å². The molecular weight excluding hydrogens is 265 g/mol. The Morgan fingerprint density at radius 2 is 2.00 bits per heavy atom. The second-order valence-electron chi connectivity index (χ2n) is 6.03. The number of benzene rings is 2. The van der Waals surface area contributed by atoms with Gasteiger partial charge in [0.1, 0.15) is 5.82 Å². The van der Waals surface area contributed by atoms with Gasteiger partial charge in [0.2, 0.25) is 0 Å². The summed E-state index contributed by atoms with van der Waals surface area (Å²) >= 11 is 0. The maximum atomic E-state index is 13.6. The van der Waals surface area contributed by atoms with Crippen LogP contribution in [0.4, 0.5) is 4.39 Å². The number of aliphatic hydroxyl groups is 1. The van der Waals surface area contributed by atoms with Crippen LogP contribution in [0.25, 0.3) is 0 Å². The highest BCUT2D eigenvalue weighted by Gasteiger charge is 2.51. The molecule has 2 nitrogen and oxygen atoms in total. The summed E-state index contributed by atoms with van der Waals surface area (Å²) in [7, 11) is 0. The van der Waals surface area contributed by atoms with E-state index >= 15 is 0 Å². The van der Waals surface area contributed by atoms with Crippen molar-refractivity contribution in [2.24, 2.45) is 5.73 Å². The zero-order valence-electron chi connectivity index (χ0n) is 12.1. The predicted octanol–water partition coefficient (Wildman–Crippen LogP) is 2.88. The smallest absolute Gasteiger partial charge is 0.123 e. The first-order valence-corrected chi connectivity index (χ1v) is 7.28. The molecule has 0 saturated heterocycles. The van der Waals surface area contributed by atoms with E-state index in [2.05, 4.69) is 6.07 Å². The van der Waals surface area contributed by atoms with E-state index in [1.807, 2.05) is 18.2 Å². The molecule has 0 radical (unpaired) electrons. The fraction of sp³-hybridized carbons (Fsp3) is 0.333. The molecule has 110 valence electrons. The average Bonchev–Trinajstić information content (AvgIpc) is 2.88. The van der Waals surface area contributed by atoms with Gasteiger partial charge in [0.25, 0.3) is 0 Å². The van der Waals surface area contributed by atoms with Crippen molar-refractivity contribution in [2.75, 3.05) is 6.54 Å². The SMILES string of the molecule is CC(O)(c1cccc(F)c1)C1(CN)CCc2ccccc21. The second-order valence-corrected chi connectivity index (χ2v) is 6.03. The van der Waals surface area contributed by atoms with Crippen LogP contribution in [0.5, 0.6) is 0 Å². The van der Waals surface area contributed by atoms with E-state index in [4.69, 9.17) is 5.73 Å². The van der Waals surface area contributed by atoms with Gasteiger partial charge < -0.3 is 10.8 Å². The standard InChI is InChI=1S/C18H20FNO/c1-17(21,14-6-4-7-15(19)11-14)18(12-20)10-9-13-5-2-3-8-16(13)18/h2-8,11,21H,9-10,12,20H2,1H3. The lowest BCUT2D eigenvalue weighted by Crippen LogP contribution is -2.51. The number of fused-ring (bicyclic) bond motifs is 1. The largest absolute Gasteiger partial charge is 0.384 e. The lowest BCUT2D eigenvalue weighted by molar-refractivity contribution is -0.0262. The Hall–Kier alpha value is -1.71. The highest BCUT2D eigenvalue weighted by molar-refractivity contribution is 5.45. The molecule has 3 heteroatoms. The van der Waals surface area contributed by atoms with Gasteiger partial charge >= 0.3 is 0 Å². The van der Waals surface area contributed by atoms with Gasteiger partial charge in [-0.25, -0.2) is 4.39 Å². The third kappa shape index (κ3) is 2.00. The summed E-state index contributed by atoms with van der Waals surface area (Å²) in [5, 5.41) is 11.3. The van der Waals surface area contributed by atoms with E-state index in [0.29, 0.717) is 12.1 Å². The summed E-state index contributed by atoms with van der Waals surface area (Å²) in [6.07, 6.45) is 1.66. The summed E-state index contributed by atoms with van der Waals surface area (Å²) in [6.45, 7) is 2.07. The average molecular weight is 285 g/mol. The predicted molar refractivity (Wildman–Crippen MR) is 81.5 cm³/mol. The Bertz CT molecular complexity index is 668. The highest BCUT2D eigenvalue weighted by Crippen LogP contribution is 2.50. The molecule has 1 aliphatic carbocycles. The van der Waals surface area contributed by atoms with Gasteiger partial charge in [-0.3, -0.25) is 0 Å². The van der Waals surface area contributed by atoms with Gasteiger partial charge in [0, 0.05) is 12.0 Å². The number of nitrogens with two attached hydrogens (primary N) is 1. The number of rotatable bonds is 3. The van der Waals surface area contributed by atoms with E-state index in [1.54, 1.807) is 19.1 Å². The van der Waals surface area contributed by atoms with Crippen LogP contribution >= 0.6 is 0 Å². The first-order valence-electron chi connectivity index (χ1n) is 7.28. The third-order valence-electron chi connectivity index (χ3n) is 5.02. The van der Waals surface area contributed by atoms with Gasteiger partial charge in [-0.2, -0.15) is 0 Å². The lowest BCUT2D eigenvalue weighted by atomic mass is 9.65. The molecule has 0 aliphatic heterocycles. The van der Waals surface area contributed by atoms with Crippen LogP contribution in [-0.2, 0) is 17.4 Å². The number of aryl methyl sites for hydroxylation is 1. The van der Waals surface area contributed by atoms with E-state index < -0.39 is 11.0 Å². The molecule has 0 spiro atoms. The van der Waals surface area contributed by atoms with Crippen molar-refractivity contribution in [1.82, 2.24) is 0 Å². The fourth-order valence-electron chi connectivity index (χ4n) is 3.67. The fourth-order valence-corrected chi connectivity index (χ4v) is 3.67. The topological polar surface area (TPSA) is 46.2 Å². The highest BCUT2D eigenvalue weighted by atomic mass is 19.1. The van der Waals surface area contributed by atoms with Gasteiger partial charge in [-0.05, 0) is 48.6 Å². The van der Waals surface area contributed by atoms with Crippen molar-refractivity contribution in [1.29, 1.82) is 0 Å². The molecule has 0 fully saturated rings. The van der Waals surface area contributed by atoms with Crippen LogP contribution in [0.3, 0.4) is 0 Å². The Balaban J connectivity index is 2.16. The number of hydrogen-bond donors (Lipinski definition) is 2. The first-order chi connectivity index (χ1) is 10.0. The summed E-state index contributed by atoms with van der Waals surface area (Å²) in [6, 6.07) is 14.3. The molecular formula is C18H20FNO. The summed E-state index contributed by atoms with van der Waals surface area (Å²) in [5.74, 6) is -0.341. The molecule has 0 aromatic heterocycles. The number of halogens is 1. The van der Waals surface area contributed by atoms with E-state index in [9.17, 15) is 9.50 Å². The van der Waals surface area contributed by atoms with Crippen LogP contribution in [0.1, 0.15) is 30.0 Å². The maximum Gasteiger partial charge on any atom is 0.123 e. The normalized spacial score (nSPS) is 23.6. The molecule has 2 atom stereocenters. The molecule has 0 bridgehead atoms. The summed E-state index contributed by atoms with van der Waals surface area (Å²) in [4.78, 5) is 0. The Labute approximate surface area is 124 Å². The minimum Gasteiger partial charge on any atom is -0.384 e. The molecule has 3 rings (SSSR count). The maximum absolute atomic E-state index is 13.6. The van der Waals surface area contributed by atoms with E-state index in [1.165, 1.54) is 17.7 Å². The summed E-state index contributed by atoms with van der Waals surface area (Å²) < 4.78 is 13.6. The molecule has 0 heterocycles. The Kier molecular flexibility index (Phi) is 3.34.